The highest BCUT2D eigenvalue weighted by atomic mass is 35.5. The molecule has 3 rings (SSSR count). The Labute approximate surface area is 155 Å². The number of carbonyl (C=O) groups is 1. The summed E-state index contributed by atoms with van der Waals surface area (Å²) in [7, 11) is 1.54. The van der Waals surface area contributed by atoms with Gasteiger partial charge in [-0.25, -0.2) is 0 Å². The van der Waals surface area contributed by atoms with Crippen LogP contribution >= 0.6 is 11.6 Å². The molecule has 7 nitrogen and oxygen atoms in total. The van der Waals surface area contributed by atoms with Gasteiger partial charge in [-0.3, -0.25) is 9.48 Å². The quantitative estimate of drug-likeness (QED) is 0.735. The topological polar surface area (TPSA) is 82.2 Å². The molecular weight excluding hydrogens is 356 g/mol. The zero-order chi connectivity index (χ0) is 18.8. The molecule has 0 bridgehead atoms. The molecule has 2 heterocycles. The fraction of sp³-hybridized carbons (Fsp3) is 0.278. The summed E-state index contributed by atoms with van der Waals surface area (Å²) in [4.78, 5) is 12.7. The second-order valence-electron chi connectivity index (χ2n) is 5.86. The minimum atomic E-state index is -0.381. The summed E-state index contributed by atoms with van der Waals surface area (Å²) in [6.07, 6.45) is 0. The third kappa shape index (κ3) is 3.30. The van der Waals surface area contributed by atoms with E-state index < -0.39 is 0 Å². The Morgan fingerprint density at radius 2 is 2.04 bits per heavy atom. The van der Waals surface area contributed by atoms with Crippen molar-refractivity contribution in [1.82, 2.24) is 14.9 Å². The molecule has 136 valence electrons. The number of halogens is 1. The Morgan fingerprint density at radius 1 is 1.31 bits per heavy atom. The number of anilines is 1. The molecule has 0 saturated heterocycles. The number of rotatable bonds is 5. The standard InChI is InChI=1S/C18H19ClN4O3/c1-10-16(19)11(2)23(21-10)9-13-12(3)26-22-17(13)18(24)20-14-7-5-6-8-15(14)25-4/h5-8H,9H2,1-4H3,(H,20,24). The Kier molecular flexibility index (Phi) is 4.99. The van der Waals surface area contributed by atoms with Gasteiger partial charge >= 0.3 is 0 Å². The van der Waals surface area contributed by atoms with E-state index in [1.54, 1.807) is 30.8 Å². The first-order valence-corrected chi connectivity index (χ1v) is 8.39. The van der Waals surface area contributed by atoms with Crippen molar-refractivity contribution in [2.75, 3.05) is 12.4 Å². The number of para-hydroxylation sites is 2. The largest absolute Gasteiger partial charge is 0.495 e. The molecule has 0 spiro atoms. The third-order valence-electron chi connectivity index (χ3n) is 4.16. The number of nitrogens with one attached hydrogen (secondary N) is 1. The molecule has 0 atom stereocenters. The number of carbonyl (C=O) groups excluding carboxylic acids is 1. The molecule has 2 aromatic heterocycles. The van der Waals surface area contributed by atoms with Gasteiger partial charge in [-0.2, -0.15) is 5.10 Å². The summed E-state index contributed by atoms with van der Waals surface area (Å²) in [6, 6.07) is 7.16. The Balaban J connectivity index is 1.89. The SMILES string of the molecule is COc1ccccc1NC(=O)c1noc(C)c1Cn1nc(C)c(Cl)c1C. The van der Waals surface area contributed by atoms with Crippen LogP contribution in [0, 0.1) is 20.8 Å². The number of aryl methyl sites for hydroxylation is 2. The number of amides is 1. The first kappa shape index (κ1) is 18.0. The molecule has 26 heavy (non-hydrogen) atoms. The van der Waals surface area contributed by atoms with Crippen molar-refractivity contribution >= 4 is 23.2 Å². The van der Waals surface area contributed by atoms with Crippen LogP contribution in [0.1, 0.15) is 33.2 Å². The summed E-state index contributed by atoms with van der Waals surface area (Å²) < 4.78 is 12.2. The van der Waals surface area contributed by atoms with Gasteiger partial charge in [0.2, 0.25) is 0 Å². The lowest BCUT2D eigenvalue weighted by molar-refractivity contribution is 0.101. The van der Waals surface area contributed by atoms with Crippen LogP contribution in [0.4, 0.5) is 5.69 Å². The maximum atomic E-state index is 12.7. The minimum absolute atomic E-state index is 0.206. The smallest absolute Gasteiger partial charge is 0.278 e. The molecular formula is C18H19ClN4O3. The first-order valence-electron chi connectivity index (χ1n) is 8.01. The summed E-state index contributed by atoms with van der Waals surface area (Å²) in [5.74, 6) is 0.737. The van der Waals surface area contributed by atoms with Crippen LogP contribution in [0.25, 0.3) is 0 Å². The lowest BCUT2D eigenvalue weighted by Gasteiger charge is -2.09. The number of hydrogen-bond donors (Lipinski definition) is 1. The molecule has 0 aliphatic rings. The number of methoxy groups -OCH3 is 1. The highest BCUT2D eigenvalue weighted by Crippen LogP contribution is 2.25. The number of nitrogens with zero attached hydrogens (tertiary/aromatic N) is 3. The van der Waals surface area contributed by atoms with E-state index in [1.807, 2.05) is 26.0 Å². The molecule has 1 amide bonds. The third-order valence-corrected chi connectivity index (χ3v) is 4.70. The van der Waals surface area contributed by atoms with Crippen LogP contribution in [0.3, 0.4) is 0 Å². The van der Waals surface area contributed by atoms with Crippen LogP contribution in [0.15, 0.2) is 28.8 Å². The summed E-state index contributed by atoms with van der Waals surface area (Å²) in [5.41, 5.74) is 2.97. The zero-order valence-electron chi connectivity index (χ0n) is 15.0. The maximum Gasteiger partial charge on any atom is 0.278 e. The molecule has 0 aliphatic carbocycles. The van der Waals surface area contributed by atoms with E-state index in [0.717, 1.165) is 11.4 Å². The second kappa shape index (κ2) is 7.21. The van der Waals surface area contributed by atoms with Gasteiger partial charge in [-0.15, -0.1) is 0 Å². The van der Waals surface area contributed by atoms with E-state index >= 15 is 0 Å². The number of ether oxygens (including phenoxy) is 1. The van der Waals surface area contributed by atoms with Gasteiger partial charge in [0.15, 0.2) is 5.69 Å². The number of aromatic nitrogens is 3. The van der Waals surface area contributed by atoms with Gasteiger partial charge in [-0.1, -0.05) is 28.9 Å². The Hall–Kier alpha value is -2.80. The molecule has 1 aromatic carbocycles. The predicted octanol–water partition coefficient (Wildman–Crippen LogP) is 3.76. The highest BCUT2D eigenvalue weighted by molar-refractivity contribution is 6.31. The van der Waals surface area contributed by atoms with Crippen LogP contribution < -0.4 is 10.1 Å². The summed E-state index contributed by atoms with van der Waals surface area (Å²) in [6.45, 7) is 5.81. The van der Waals surface area contributed by atoms with E-state index in [9.17, 15) is 4.79 Å². The predicted molar refractivity (Wildman–Crippen MR) is 98.0 cm³/mol. The van der Waals surface area contributed by atoms with E-state index in [1.165, 1.54) is 0 Å². The summed E-state index contributed by atoms with van der Waals surface area (Å²) >= 11 is 6.21. The normalized spacial score (nSPS) is 10.8. The molecule has 0 radical (unpaired) electrons. The van der Waals surface area contributed by atoms with Crippen molar-refractivity contribution in [1.29, 1.82) is 0 Å². The lowest BCUT2D eigenvalue weighted by atomic mass is 10.1. The zero-order valence-corrected chi connectivity index (χ0v) is 15.7. The fourth-order valence-electron chi connectivity index (χ4n) is 2.66. The van der Waals surface area contributed by atoms with Crippen molar-refractivity contribution in [2.24, 2.45) is 0 Å². The summed E-state index contributed by atoms with van der Waals surface area (Å²) in [5, 5.41) is 11.7. The van der Waals surface area contributed by atoms with Crippen LogP contribution in [-0.2, 0) is 6.54 Å². The van der Waals surface area contributed by atoms with Gasteiger partial charge in [0.1, 0.15) is 11.5 Å². The van der Waals surface area contributed by atoms with Gasteiger partial charge in [0.25, 0.3) is 5.91 Å². The number of hydrogen-bond acceptors (Lipinski definition) is 5. The van der Waals surface area contributed by atoms with Gasteiger partial charge in [0, 0.05) is 5.56 Å². The average molecular weight is 375 g/mol. The molecule has 0 unspecified atom stereocenters. The lowest BCUT2D eigenvalue weighted by Crippen LogP contribution is -2.17. The van der Waals surface area contributed by atoms with Crippen molar-refractivity contribution in [3.8, 4) is 5.75 Å². The molecule has 8 heteroatoms. The minimum Gasteiger partial charge on any atom is -0.495 e. The molecule has 0 saturated carbocycles. The van der Waals surface area contributed by atoms with Gasteiger partial charge < -0.3 is 14.6 Å². The fourth-order valence-corrected chi connectivity index (χ4v) is 2.80. The molecule has 1 N–H and O–H groups in total. The van der Waals surface area contributed by atoms with E-state index in [-0.39, 0.29) is 11.6 Å². The van der Waals surface area contributed by atoms with Gasteiger partial charge in [-0.05, 0) is 32.9 Å². The maximum absolute atomic E-state index is 12.7. The van der Waals surface area contributed by atoms with Crippen LogP contribution in [-0.4, -0.2) is 28.0 Å². The van der Waals surface area contributed by atoms with Crippen molar-refractivity contribution < 1.29 is 14.1 Å². The van der Waals surface area contributed by atoms with E-state index in [4.69, 9.17) is 20.9 Å². The van der Waals surface area contributed by atoms with E-state index in [2.05, 4.69) is 15.6 Å². The molecule has 0 aliphatic heterocycles. The van der Waals surface area contributed by atoms with E-state index in [0.29, 0.717) is 34.3 Å². The first-order chi connectivity index (χ1) is 12.4. The Bertz CT molecular complexity index is 961. The second-order valence-corrected chi connectivity index (χ2v) is 6.24. The molecule has 0 fully saturated rings. The van der Waals surface area contributed by atoms with Crippen molar-refractivity contribution in [3.05, 3.63) is 57.7 Å². The highest BCUT2D eigenvalue weighted by Gasteiger charge is 2.22. The molecule has 3 aromatic rings. The Morgan fingerprint density at radius 3 is 2.69 bits per heavy atom. The van der Waals surface area contributed by atoms with Crippen molar-refractivity contribution in [3.63, 3.8) is 0 Å². The van der Waals surface area contributed by atoms with Crippen LogP contribution in [0.5, 0.6) is 5.75 Å². The van der Waals surface area contributed by atoms with Crippen molar-refractivity contribution in [2.45, 2.75) is 27.3 Å². The van der Waals surface area contributed by atoms with Gasteiger partial charge in [0.05, 0.1) is 35.8 Å². The average Bonchev–Trinajstić information content (AvgIpc) is 3.11. The number of benzene rings is 1. The monoisotopic (exact) mass is 374 g/mol. The van der Waals surface area contributed by atoms with Crippen LogP contribution in [0.2, 0.25) is 5.02 Å².